The molecule has 2 rings (SSSR count). The number of nitrogens with zero attached hydrogens (tertiary/aromatic N) is 1. The van der Waals surface area contributed by atoms with Crippen LogP contribution in [0.5, 0.6) is 0 Å². The number of carbonyl (C=O) groups is 1. The number of hydrogen-bond acceptors (Lipinski definition) is 3. The highest BCUT2D eigenvalue weighted by molar-refractivity contribution is 5.78. The topological polar surface area (TPSA) is 44.4 Å². The van der Waals surface area contributed by atoms with Crippen LogP contribution in [0.4, 0.5) is 0 Å². The first-order chi connectivity index (χ1) is 9.65. The predicted octanol–water partition coefficient (Wildman–Crippen LogP) is 1.61. The molecule has 2 aliphatic heterocycles. The fourth-order valence-electron chi connectivity index (χ4n) is 3.44. The van der Waals surface area contributed by atoms with Crippen LogP contribution in [0.15, 0.2) is 0 Å². The van der Waals surface area contributed by atoms with E-state index in [4.69, 9.17) is 0 Å². The molecule has 2 aliphatic rings. The van der Waals surface area contributed by atoms with Gasteiger partial charge in [-0.05, 0) is 58.2 Å². The van der Waals surface area contributed by atoms with Crippen molar-refractivity contribution in [2.45, 2.75) is 52.0 Å². The summed E-state index contributed by atoms with van der Waals surface area (Å²) in [6, 6.07) is 0.477. The fourth-order valence-corrected chi connectivity index (χ4v) is 3.44. The lowest BCUT2D eigenvalue weighted by molar-refractivity contribution is -0.126. The van der Waals surface area contributed by atoms with Gasteiger partial charge in [0.2, 0.25) is 5.91 Å². The summed E-state index contributed by atoms with van der Waals surface area (Å²) in [5.74, 6) is 1.04. The van der Waals surface area contributed by atoms with E-state index in [1.807, 2.05) is 0 Å². The molecule has 2 saturated heterocycles. The molecule has 0 saturated carbocycles. The van der Waals surface area contributed by atoms with Crippen LogP contribution in [0, 0.1) is 11.8 Å². The lowest BCUT2D eigenvalue weighted by Crippen LogP contribution is -2.44. The first-order valence-electron chi connectivity index (χ1n) is 8.38. The molecule has 0 aromatic heterocycles. The maximum Gasteiger partial charge on any atom is 0.223 e. The predicted molar refractivity (Wildman–Crippen MR) is 82.7 cm³/mol. The summed E-state index contributed by atoms with van der Waals surface area (Å²) in [7, 11) is 0. The Morgan fingerprint density at radius 1 is 1.35 bits per heavy atom. The second kappa shape index (κ2) is 7.99. The summed E-state index contributed by atoms with van der Waals surface area (Å²) in [6.07, 6.45) is 6.02. The van der Waals surface area contributed by atoms with Crippen LogP contribution in [0.25, 0.3) is 0 Å². The second-order valence-corrected chi connectivity index (χ2v) is 6.79. The normalized spacial score (nSPS) is 29.9. The number of rotatable bonds is 5. The van der Waals surface area contributed by atoms with Gasteiger partial charge >= 0.3 is 0 Å². The monoisotopic (exact) mass is 281 g/mol. The fraction of sp³-hybridized carbons (Fsp3) is 0.938. The molecule has 0 spiro atoms. The van der Waals surface area contributed by atoms with E-state index < -0.39 is 0 Å². The summed E-state index contributed by atoms with van der Waals surface area (Å²) in [5.41, 5.74) is 0. The van der Waals surface area contributed by atoms with E-state index in [0.29, 0.717) is 12.0 Å². The largest absolute Gasteiger partial charge is 0.356 e. The number of hydrogen-bond donors (Lipinski definition) is 2. The third-order valence-corrected chi connectivity index (χ3v) is 4.64. The second-order valence-electron chi connectivity index (χ2n) is 6.79. The molecule has 0 aliphatic carbocycles. The lowest BCUT2D eigenvalue weighted by Gasteiger charge is -2.30. The maximum absolute atomic E-state index is 12.2. The number of nitrogens with one attached hydrogen (secondary N) is 2. The Morgan fingerprint density at radius 3 is 2.80 bits per heavy atom. The number of amides is 1. The van der Waals surface area contributed by atoms with Gasteiger partial charge in [0.05, 0.1) is 0 Å². The Morgan fingerprint density at radius 2 is 2.10 bits per heavy atom. The smallest absolute Gasteiger partial charge is 0.223 e. The van der Waals surface area contributed by atoms with Gasteiger partial charge in [-0.15, -0.1) is 0 Å². The maximum atomic E-state index is 12.2. The van der Waals surface area contributed by atoms with Crippen LogP contribution in [0.1, 0.15) is 46.0 Å². The summed E-state index contributed by atoms with van der Waals surface area (Å²) < 4.78 is 0. The Bertz CT molecular complexity index is 302. The zero-order chi connectivity index (χ0) is 14.4. The van der Waals surface area contributed by atoms with Crippen molar-refractivity contribution in [3.05, 3.63) is 0 Å². The molecule has 0 bridgehead atoms. The van der Waals surface area contributed by atoms with Gasteiger partial charge in [0.15, 0.2) is 0 Å². The minimum absolute atomic E-state index is 0.216. The number of carbonyl (C=O) groups excluding carboxylic acids is 1. The zero-order valence-corrected chi connectivity index (χ0v) is 13.2. The van der Waals surface area contributed by atoms with Crippen LogP contribution in [-0.2, 0) is 4.79 Å². The van der Waals surface area contributed by atoms with Crippen molar-refractivity contribution in [2.24, 2.45) is 11.8 Å². The molecule has 0 aromatic carbocycles. The molecule has 1 amide bonds. The van der Waals surface area contributed by atoms with Crippen LogP contribution in [0.2, 0.25) is 0 Å². The van der Waals surface area contributed by atoms with Gasteiger partial charge in [0.25, 0.3) is 0 Å². The van der Waals surface area contributed by atoms with E-state index in [1.165, 1.54) is 32.4 Å². The van der Waals surface area contributed by atoms with E-state index in [1.54, 1.807) is 0 Å². The molecule has 20 heavy (non-hydrogen) atoms. The zero-order valence-electron chi connectivity index (χ0n) is 13.2. The van der Waals surface area contributed by atoms with Gasteiger partial charge in [-0.25, -0.2) is 0 Å². The molecule has 4 nitrogen and oxygen atoms in total. The molecule has 4 heteroatoms. The summed E-state index contributed by atoms with van der Waals surface area (Å²) in [5, 5.41) is 6.57. The average Bonchev–Trinajstić information content (AvgIpc) is 2.46. The Balaban J connectivity index is 1.64. The number of likely N-dealkylation sites (tertiary alicyclic amines) is 1. The molecular formula is C16H31N3O. The summed E-state index contributed by atoms with van der Waals surface area (Å²) in [6.45, 7) is 9.83. The van der Waals surface area contributed by atoms with Crippen molar-refractivity contribution in [2.75, 3.05) is 32.7 Å². The molecule has 0 radical (unpaired) electrons. The van der Waals surface area contributed by atoms with Gasteiger partial charge in [0.1, 0.15) is 0 Å². The first-order valence-corrected chi connectivity index (χ1v) is 8.38. The van der Waals surface area contributed by atoms with Gasteiger partial charge < -0.3 is 15.5 Å². The first kappa shape index (κ1) is 15.8. The molecular weight excluding hydrogens is 250 g/mol. The standard InChI is InChI=1S/C16H31N3O/c1-13(12-19-8-4-3-5-9-19)11-18-16(20)15-6-7-17-14(2)10-15/h13-15,17H,3-12H2,1-2H3,(H,18,20). The summed E-state index contributed by atoms with van der Waals surface area (Å²) in [4.78, 5) is 14.7. The van der Waals surface area contributed by atoms with Gasteiger partial charge in [-0.1, -0.05) is 13.3 Å². The van der Waals surface area contributed by atoms with E-state index in [9.17, 15) is 4.79 Å². The van der Waals surface area contributed by atoms with Crippen LogP contribution in [-0.4, -0.2) is 49.6 Å². The van der Waals surface area contributed by atoms with Gasteiger partial charge in [0, 0.05) is 25.0 Å². The minimum atomic E-state index is 0.216. The van der Waals surface area contributed by atoms with E-state index in [2.05, 4.69) is 29.4 Å². The Hall–Kier alpha value is -0.610. The van der Waals surface area contributed by atoms with Crippen LogP contribution < -0.4 is 10.6 Å². The van der Waals surface area contributed by atoms with Crippen molar-refractivity contribution >= 4 is 5.91 Å². The van der Waals surface area contributed by atoms with Crippen molar-refractivity contribution in [3.8, 4) is 0 Å². The third kappa shape index (κ3) is 5.06. The highest BCUT2D eigenvalue weighted by Gasteiger charge is 2.24. The average molecular weight is 281 g/mol. The van der Waals surface area contributed by atoms with E-state index >= 15 is 0 Å². The molecule has 3 unspecified atom stereocenters. The molecule has 116 valence electrons. The third-order valence-electron chi connectivity index (χ3n) is 4.64. The van der Waals surface area contributed by atoms with Crippen molar-refractivity contribution < 1.29 is 4.79 Å². The molecule has 3 atom stereocenters. The highest BCUT2D eigenvalue weighted by Crippen LogP contribution is 2.16. The quantitative estimate of drug-likeness (QED) is 0.805. The van der Waals surface area contributed by atoms with Gasteiger partial charge in [-0.2, -0.15) is 0 Å². The van der Waals surface area contributed by atoms with Crippen molar-refractivity contribution in [3.63, 3.8) is 0 Å². The van der Waals surface area contributed by atoms with Crippen molar-refractivity contribution in [1.82, 2.24) is 15.5 Å². The molecule has 2 N–H and O–H groups in total. The number of piperidine rings is 2. The van der Waals surface area contributed by atoms with Gasteiger partial charge in [-0.3, -0.25) is 4.79 Å². The Kier molecular flexibility index (Phi) is 6.30. The van der Waals surface area contributed by atoms with Crippen LogP contribution >= 0.6 is 0 Å². The Labute approximate surface area is 123 Å². The molecule has 2 heterocycles. The van der Waals surface area contributed by atoms with Crippen molar-refractivity contribution in [1.29, 1.82) is 0 Å². The van der Waals surface area contributed by atoms with E-state index in [0.717, 1.165) is 32.5 Å². The van der Waals surface area contributed by atoms with Crippen LogP contribution in [0.3, 0.4) is 0 Å². The summed E-state index contributed by atoms with van der Waals surface area (Å²) >= 11 is 0. The van der Waals surface area contributed by atoms with E-state index in [-0.39, 0.29) is 11.8 Å². The lowest BCUT2D eigenvalue weighted by atomic mass is 9.92. The SMILES string of the molecule is CC(CNC(=O)C1CCNC(C)C1)CN1CCCCC1. The highest BCUT2D eigenvalue weighted by atomic mass is 16.1. The molecule has 0 aromatic rings. The molecule has 2 fully saturated rings. The minimum Gasteiger partial charge on any atom is -0.356 e.